The van der Waals surface area contributed by atoms with Gasteiger partial charge >= 0.3 is 0 Å². The first-order valence-corrected chi connectivity index (χ1v) is 13.2. The number of hydrogen-bond donors (Lipinski definition) is 3. The summed E-state index contributed by atoms with van der Waals surface area (Å²) in [5.41, 5.74) is 2.60. The molecule has 0 spiro atoms. The van der Waals surface area contributed by atoms with E-state index in [9.17, 15) is 19.8 Å². The lowest BCUT2D eigenvalue weighted by Crippen LogP contribution is -2.31. The van der Waals surface area contributed by atoms with Crippen LogP contribution in [-0.4, -0.2) is 53.2 Å². The molecule has 8 heteroatoms. The van der Waals surface area contributed by atoms with Gasteiger partial charge in [-0.3, -0.25) is 9.59 Å². The minimum absolute atomic E-state index is 0.0151. The molecule has 2 aliphatic rings. The Morgan fingerprint density at radius 3 is 2.69 bits per heavy atom. The average molecular weight is 515 g/mol. The van der Waals surface area contributed by atoms with Crippen molar-refractivity contribution >= 4 is 23.4 Å². The van der Waals surface area contributed by atoms with Gasteiger partial charge in [-0.25, -0.2) is 0 Å². The molecule has 3 N–H and O–H groups in total. The van der Waals surface area contributed by atoms with Crippen molar-refractivity contribution < 1.29 is 24.5 Å². The number of hydrogen-bond acceptors (Lipinski definition) is 5. The molecular weight excluding hydrogens is 480 g/mol. The number of phenolic OH excluding ortho intramolecular Hbond substituents is 2. The van der Waals surface area contributed by atoms with E-state index < -0.39 is 0 Å². The van der Waals surface area contributed by atoms with E-state index in [1.807, 2.05) is 25.1 Å². The number of phenols is 2. The Morgan fingerprint density at radius 2 is 1.89 bits per heavy atom. The van der Waals surface area contributed by atoms with E-state index >= 15 is 0 Å². The average Bonchev–Trinajstić information content (AvgIpc) is 3.31. The third-order valence-electron chi connectivity index (χ3n) is 7.36. The maximum absolute atomic E-state index is 13.2. The smallest absolute Gasteiger partial charge is 0.258 e. The lowest BCUT2D eigenvalue weighted by atomic mass is 9.94. The number of halogens is 1. The molecule has 2 aromatic carbocycles. The normalized spacial score (nSPS) is 20.6. The highest BCUT2D eigenvalue weighted by Crippen LogP contribution is 2.38. The van der Waals surface area contributed by atoms with Gasteiger partial charge in [0.2, 0.25) is 0 Å². The predicted molar refractivity (Wildman–Crippen MR) is 139 cm³/mol. The molecule has 2 fully saturated rings. The summed E-state index contributed by atoms with van der Waals surface area (Å²) in [5, 5.41) is 23.0. The number of ether oxygens (including phenoxy) is 1. The van der Waals surface area contributed by atoms with Crippen LogP contribution in [0.15, 0.2) is 30.3 Å². The fraction of sp³-hybridized carbons (Fsp3) is 0.500. The van der Waals surface area contributed by atoms with Crippen LogP contribution in [0.5, 0.6) is 11.5 Å². The number of nitrogens with one attached hydrogen (secondary N) is 1. The summed E-state index contributed by atoms with van der Waals surface area (Å²) in [4.78, 5) is 27.8. The zero-order valence-electron chi connectivity index (χ0n) is 20.8. The SMILES string of the molecule is Cc1cc(C(=O)NCCC2CCCCOCC2)ccc1C1CCCN1C(=O)c1cc(Cl)c(O)cc1O. The Morgan fingerprint density at radius 1 is 1.06 bits per heavy atom. The Kier molecular flexibility index (Phi) is 8.75. The molecule has 194 valence electrons. The highest BCUT2D eigenvalue weighted by atomic mass is 35.5. The van der Waals surface area contributed by atoms with Gasteiger partial charge in [0, 0.05) is 37.9 Å². The molecule has 2 unspecified atom stereocenters. The molecule has 2 amide bonds. The molecule has 4 rings (SSSR count). The molecule has 0 saturated carbocycles. The van der Waals surface area contributed by atoms with Gasteiger partial charge < -0.3 is 25.2 Å². The number of rotatable bonds is 6. The van der Waals surface area contributed by atoms with Crippen LogP contribution in [0.25, 0.3) is 0 Å². The molecule has 0 bridgehead atoms. The van der Waals surface area contributed by atoms with Gasteiger partial charge in [-0.15, -0.1) is 0 Å². The largest absolute Gasteiger partial charge is 0.507 e. The first-order valence-electron chi connectivity index (χ1n) is 12.8. The molecule has 2 aromatic rings. The molecule has 0 aliphatic carbocycles. The minimum atomic E-state index is -0.335. The molecule has 36 heavy (non-hydrogen) atoms. The summed E-state index contributed by atoms with van der Waals surface area (Å²) in [6.45, 7) is 4.82. The van der Waals surface area contributed by atoms with Gasteiger partial charge in [0.25, 0.3) is 11.8 Å². The van der Waals surface area contributed by atoms with Crippen molar-refractivity contribution in [3.63, 3.8) is 0 Å². The predicted octanol–water partition coefficient (Wildman–Crippen LogP) is 5.36. The fourth-order valence-electron chi connectivity index (χ4n) is 5.31. The summed E-state index contributed by atoms with van der Waals surface area (Å²) in [7, 11) is 0. The van der Waals surface area contributed by atoms with Crippen LogP contribution in [0.4, 0.5) is 0 Å². The summed E-state index contributed by atoms with van der Waals surface area (Å²) in [6.07, 6.45) is 7.11. The lowest BCUT2D eigenvalue weighted by molar-refractivity contribution is 0.0731. The van der Waals surface area contributed by atoms with E-state index in [4.69, 9.17) is 16.3 Å². The maximum atomic E-state index is 13.2. The number of aryl methyl sites for hydroxylation is 1. The number of benzene rings is 2. The number of amides is 2. The Balaban J connectivity index is 1.40. The van der Waals surface area contributed by atoms with E-state index in [1.54, 1.807) is 4.90 Å². The molecule has 2 saturated heterocycles. The van der Waals surface area contributed by atoms with Crippen LogP contribution in [0.3, 0.4) is 0 Å². The molecule has 2 heterocycles. The first kappa shape index (κ1) is 26.3. The van der Waals surface area contributed by atoms with E-state index in [-0.39, 0.29) is 39.9 Å². The number of nitrogens with zero attached hydrogens (tertiary/aromatic N) is 1. The monoisotopic (exact) mass is 514 g/mol. The third kappa shape index (κ3) is 6.13. The Bertz CT molecular complexity index is 1100. The van der Waals surface area contributed by atoms with Crippen LogP contribution >= 0.6 is 11.6 Å². The third-order valence-corrected chi connectivity index (χ3v) is 7.66. The van der Waals surface area contributed by atoms with Gasteiger partial charge in [0.05, 0.1) is 16.6 Å². The molecule has 0 aromatic heterocycles. The van der Waals surface area contributed by atoms with Crippen LogP contribution < -0.4 is 5.32 Å². The van der Waals surface area contributed by atoms with Gasteiger partial charge in [-0.2, -0.15) is 0 Å². The first-order chi connectivity index (χ1) is 17.3. The van der Waals surface area contributed by atoms with Crippen molar-refractivity contribution in [2.24, 2.45) is 5.92 Å². The maximum Gasteiger partial charge on any atom is 0.258 e. The van der Waals surface area contributed by atoms with Crippen molar-refractivity contribution in [2.75, 3.05) is 26.3 Å². The van der Waals surface area contributed by atoms with Crippen LogP contribution in [0.2, 0.25) is 5.02 Å². The van der Waals surface area contributed by atoms with Crippen LogP contribution in [-0.2, 0) is 4.74 Å². The topological polar surface area (TPSA) is 99.1 Å². The molecule has 2 aliphatic heterocycles. The van der Waals surface area contributed by atoms with Gasteiger partial charge in [-0.1, -0.05) is 30.5 Å². The quantitative estimate of drug-likeness (QED) is 0.481. The number of aromatic hydroxyl groups is 2. The summed E-state index contributed by atoms with van der Waals surface area (Å²) < 4.78 is 5.59. The van der Waals surface area contributed by atoms with E-state index in [0.717, 1.165) is 62.5 Å². The van der Waals surface area contributed by atoms with E-state index in [0.29, 0.717) is 24.6 Å². The number of carbonyl (C=O) groups excluding carboxylic acids is 2. The van der Waals surface area contributed by atoms with Crippen LogP contribution in [0.1, 0.15) is 82.8 Å². The standard InChI is InChI=1S/C28H35ClN2O5/c1-18-15-20(27(34)30-11-9-19-5-2-3-13-36-14-10-19)7-8-21(18)24-6-4-12-31(24)28(35)22-16-23(29)26(33)17-25(22)32/h7-8,15-17,19,24,32-33H,2-6,9-14H2,1H3,(H,30,34). The highest BCUT2D eigenvalue weighted by molar-refractivity contribution is 6.32. The molecular formula is C28H35ClN2O5. The zero-order chi connectivity index (χ0) is 25.7. The molecule has 2 atom stereocenters. The highest BCUT2D eigenvalue weighted by Gasteiger charge is 2.33. The Hall–Kier alpha value is -2.77. The van der Waals surface area contributed by atoms with Gasteiger partial charge in [-0.05, 0) is 74.3 Å². The fourth-order valence-corrected chi connectivity index (χ4v) is 5.48. The van der Waals surface area contributed by atoms with Crippen molar-refractivity contribution in [1.82, 2.24) is 10.2 Å². The summed E-state index contributed by atoms with van der Waals surface area (Å²) >= 11 is 5.98. The number of carbonyl (C=O) groups is 2. The van der Waals surface area contributed by atoms with Crippen molar-refractivity contribution in [3.8, 4) is 11.5 Å². The summed E-state index contributed by atoms with van der Waals surface area (Å²) in [6, 6.07) is 7.85. The second kappa shape index (κ2) is 12.0. The van der Waals surface area contributed by atoms with Crippen LogP contribution in [0, 0.1) is 12.8 Å². The second-order valence-corrected chi connectivity index (χ2v) is 10.3. The van der Waals surface area contributed by atoms with E-state index in [1.165, 1.54) is 18.9 Å². The van der Waals surface area contributed by atoms with Gasteiger partial charge in [0.15, 0.2) is 0 Å². The molecule has 0 radical (unpaired) electrons. The van der Waals surface area contributed by atoms with Gasteiger partial charge in [0.1, 0.15) is 11.5 Å². The minimum Gasteiger partial charge on any atom is -0.507 e. The zero-order valence-corrected chi connectivity index (χ0v) is 21.5. The van der Waals surface area contributed by atoms with Crippen molar-refractivity contribution in [2.45, 2.75) is 57.9 Å². The van der Waals surface area contributed by atoms with Crippen molar-refractivity contribution in [3.05, 3.63) is 57.6 Å². The van der Waals surface area contributed by atoms with E-state index in [2.05, 4.69) is 5.32 Å². The van der Waals surface area contributed by atoms with Crippen molar-refractivity contribution in [1.29, 1.82) is 0 Å². The number of likely N-dealkylation sites (tertiary alicyclic amines) is 1. The lowest BCUT2D eigenvalue weighted by Gasteiger charge is -2.27. The Labute approximate surface area is 217 Å². The molecule has 7 nitrogen and oxygen atoms in total. The second-order valence-electron chi connectivity index (χ2n) is 9.86. The summed E-state index contributed by atoms with van der Waals surface area (Å²) in [5.74, 6) is -0.411.